The Morgan fingerprint density at radius 1 is 1.35 bits per heavy atom. The summed E-state index contributed by atoms with van der Waals surface area (Å²) < 4.78 is 27.2. The molecule has 8 nitrogen and oxygen atoms in total. The summed E-state index contributed by atoms with van der Waals surface area (Å²) in [5.74, 6) is -1.76. The Morgan fingerprint density at radius 3 is 2.50 bits per heavy atom. The lowest BCUT2D eigenvalue weighted by Crippen LogP contribution is -2.21. The van der Waals surface area contributed by atoms with E-state index < -0.39 is 35.1 Å². The number of carboxylic acids is 1. The first-order valence-corrected chi connectivity index (χ1v) is 7.46. The number of anilines is 1. The smallest absolute Gasteiger partial charge is 0.329 e. The Kier molecular flexibility index (Phi) is 5.62. The number of carbonyl (C=O) groups is 2. The number of halogens is 1. The Bertz CT molecular complexity index is 631. The van der Waals surface area contributed by atoms with E-state index in [0.717, 1.165) is 0 Å². The Hall–Kier alpha value is -1.49. The molecule has 0 aliphatic rings. The zero-order valence-electron chi connectivity index (χ0n) is 10.00. The van der Waals surface area contributed by atoms with Gasteiger partial charge in [0.15, 0.2) is 0 Å². The molecule has 0 aromatic heterocycles. The van der Waals surface area contributed by atoms with Crippen LogP contribution in [0.15, 0.2) is 27.6 Å². The Morgan fingerprint density at radius 2 is 2.00 bits per heavy atom. The van der Waals surface area contributed by atoms with Crippen LogP contribution in [0.5, 0.6) is 0 Å². The fraction of sp³-hybridized carbons (Fsp3) is 0.200. The number of rotatable bonds is 6. The lowest BCUT2D eigenvalue weighted by molar-refractivity contribution is -0.143. The van der Waals surface area contributed by atoms with Crippen LogP contribution in [0.25, 0.3) is 0 Å². The van der Waals surface area contributed by atoms with Gasteiger partial charge in [-0.15, -0.1) is 0 Å². The molecule has 0 bridgehead atoms. The standard InChI is InChI=1S/C10H11BrN2O6S/c11-7-3-6(20(12,17)18)1-2-8(7)13-9(14)4-19-5-10(15)16/h1-3H,4-5H2,(H,13,14)(H,15,16)(H2,12,17,18). The highest BCUT2D eigenvalue weighted by Gasteiger charge is 2.12. The third-order valence-electron chi connectivity index (χ3n) is 2.00. The van der Waals surface area contributed by atoms with Crippen LogP contribution in [-0.4, -0.2) is 38.6 Å². The van der Waals surface area contributed by atoms with Crippen LogP contribution in [-0.2, 0) is 24.3 Å². The van der Waals surface area contributed by atoms with Crippen LogP contribution >= 0.6 is 15.9 Å². The topological polar surface area (TPSA) is 136 Å². The number of aliphatic carboxylic acids is 1. The maximum Gasteiger partial charge on any atom is 0.329 e. The van der Waals surface area contributed by atoms with Gasteiger partial charge in [0.05, 0.1) is 10.6 Å². The first kappa shape index (κ1) is 16.6. The molecule has 1 aromatic carbocycles. The minimum absolute atomic E-state index is 0.107. The second kappa shape index (κ2) is 6.79. The number of carbonyl (C=O) groups excluding carboxylic acids is 1. The number of ether oxygens (including phenoxy) is 1. The van der Waals surface area contributed by atoms with E-state index in [4.69, 9.17) is 10.2 Å². The van der Waals surface area contributed by atoms with E-state index in [-0.39, 0.29) is 4.90 Å². The second-order valence-corrected chi connectivity index (χ2v) is 6.04. The fourth-order valence-electron chi connectivity index (χ4n) is 1.19. The molecule has 10 heteroatoms. The molecule has 0 saturated heterocycles. The van der Waals surface area contributed by atoms with Crippen LogP contribution < -0.4 is 10.5 Å². The fourth-order valence-corrected chi connectivity index (χ4v) is 2.36. The number of hydrogen-bond acceptors (Lipinski definition) is 5. The third-order valence-corrected chi connectivity index (χ3v) is 3.57. The summed E-state index contributed by atoms with van der Waals surface area (Å²) in [6.07, 6.45) is 0. The molecule has 0 fully saturated rings. The minimum Gasteiger partial charge on any atom is -0.480 e. The van der Waals surface area contributed by atoms with Crippen LogP contribution in [0, 0.1) is 0 Å². The van der Waals surface area contributed by atoms with Crippen LogP contribution in [0.2, 0.25) is 0 Å². The maximum absolute atomic E-state index is 11.4. The molecule has 0 radical (unpaired) electrons. The van der Waals surface area contributed by atoms with Crippen molar-refractivity contribution in [1.29, 1.82) is 0 Å². The van der Waals surface area contributed by atoms with Gasteiger partial charge in [-0.2, -0.15) is 0 Å². The molecule has 0 spiro atoms. The average molecular weight is 367 g/mol. The summed E-state index contributed by atoms with van der Waals surface area (Å²) in [5, 5.41) is 15.7. The molecule has 0 heterocycles. The van der Waals surface area contributed by atoms with Gasteiger partial charge in [-0.05, 0) is 34.1 Å². The third kappa shape index (κ3) is 5.25. The number of hydrogen-bond donors (Lipinski definition) is 3. The zero-order valence-corrected chi connectivity index (χ0v) is 12.4. The lowest BCUT2D eigenvalue weighted by Gasteiger charge is -2.08. The predicted octanol–water partition coefficient (Wildman–Crippen LogP) is 0.136. The molecular weight excluding hydrogens is 356 g/mol. The second-order valence-electron chi connectivity index (χ2n) is 3.62. The Balaban J connectivity index is 2.69. The average Bonchev–Trinajstić information content (AvgIpc) is 2.29. The van der Waals surface area contributed by atoms with Gasteiger partial charge in [0.2, 0.25) is 15.9 Å². The zero-order chi connectivity index (χ0) is 15.3. The van der Waals surface area contributed by atoms with E-state index in [1.165, 1.54) is 18.2 Å². The highest BCUT2D eigenvalue weighted by atomic mass is 79.9. The molecule has 0 unspecified atom stereocenters. The normalized spacial score (nSPS) is 11.1. The van der Waals surface area contributed by atoms with E-state index in [0.29, 0.717) is 10.2 Å². The van der Waals surface area contributed by atoms with E-state index >= 15 is 0 Å². The summed E-state index contributed by atoms with van der Waals surface area (Å²) in [5.41, 5.74) is 0.307. The number of sulfonamides is 1. The lowest BCUT2D eigenvalue weighted by atomic mass is 10.3. The number of benzene rings is 1. The monoisotopic (exact) mass is 366 g/mol. The summed E-state index contributed by atoms with van der Waals surface area (Å²) in [6.45, 7) is -1.02. The first-order valence-electron chi connectivity index (χ1n) is 5.12. The van der Waals surface area contributed by atoms with E-state index in [1.807, 2.05) is 0 Å². The molecule has 1 amide bonds. The van der Waals surface area contributed by atoms with Crippen molar-refractivity contribution in [2.45, 2.75) is 4.90 Å². The number of nitrogens with one attached hydrogen (secondary N) is 1. The maximum atomic E-state index is 11.4. The van der Waals surface area contributed by atoms with Crippen molar-refractivity contribution in [3.05, 3.63) is 22.7 Å². The van der Waals surface area contributed by atoms with Gasteiger partial charge in [0, 0.05) is 4.47 Å². The number of carboxylic acid groups (broad SMARTS) is 1. The van der Waals surface area contributed by atoms with Crippen LogP contribution in [0.3, 0.4) is 0 Å². The SMILES string of the molecule is NS(=O)(=O)c1ccc(NC(=O)COCC(=O)O)c(Br)c1. The summed E-state index contributed by atoms with van der Waals surface area (Å²) in [6, 6.07) is 3.82. The van der Waals surface area contributed by atoms with Gasteiger partial charge in [-0.3, -0.25) is 4.79 Å². The van der Waals surface area contributed by atoms with Crippen molar-refractivity contribution in [1.82, 2.24) is 0 Å². The van der Waals surface area contributed by atoms with Crippen molar-refractivity contribution >= 4 is 43.5 Å². The highest BCUT2D eigenvalue weighted by molar-refractivity contribution is 9.10. The van der Waals surface area contributed by atoms with E-state index in [2.05, 4.69) is 26.0 Å². The summed E-state index contributed by atoms with van der Waals surface area (Å²) >= 11 is 3.09. The molecule has 1 rings (SSSR count). The summed E-state index contributed by atoms with van der Waals surface area (Å²) in [7, 11) is -3.83. The van der Waals surface area contributed by atoms with Crippen LogP contribution in [0.1, 0.15) is 0 Å². The molecule has 0 aliphatic carbocycles. The van der Waals surface area contributed by atoms with E-state index in [1.54, 1.807) is 0 Å². The number of primary sulfonamides is 1. The molecule has 110 valence electrons. The van der Waals surface area contributed by atoms with Gasteiger partial charge in [0.25, 0.3) is 0 Å². The molecule has 4 N–H and O–H groups in total. The van der Waals surface area contributed by atoms with Crippen molar-refractivity contribution in [3.63, 3.8) is 0 Å². The van der Waals surface area contributed by atoms with Gasteiger partial charge in [-0.1, -0.05) is 0 Å². The van der Waals surface area contributed by atoms with Crippen LogP contribution in [0.4, 0.5) is 5.69 Å². The van der Waals surface area contributed by atoms with Gasteiger partial charge in [-0.25, -0.2) is 18.4 Å². The Labute approximate surface area is 123 Å². The van der Waals surface area contributed by atoms with Gasteiger partial charge < -0.3 is 15.2 Å². The molecular formula is C10H11BrN2O6S. The quantitative estimate of drug-likeness (QED) is 0.654. The van der Waals surface area contributed by atoms with E-state index in [9.17, 15) is 18.0 Å². The molecule has 0 atom stereocenters. The molecule has 0 aliphatic heterocycles. The van der Waals surface area contributed by atoms with Crippen molar-refractivity contribution in [2.75, 3.05) is 18.5 Å². The molecule has 20 heavy (non-hydrogen) atoms. The predicted molar refractivity (Wildman–Crippen MR) is 72.6 cm³/mol. The van der Waals surface area contributed by atoms with Gasteiger partial charge >= 0.3 is 5.97 Å². The van der Waals surface area contributed by atoms with Crippen molar-refractivity contribution < 1.29 is 27.9 Å². The minimum atomic E-state index is -3.83. The molecule has 1 aromatic rings. The van der Waals surface area contributed by atoms with Crippen molar-refractivity contribution in [3.8, 4) is 0 Å². The van der Waals surface area contributed by atoms with Gasteiger partial charge in [0.1, 0.15) is 13.2 Å². The first-order chi connectivity index (χ1) is 9.20. The highest BCUT2D eigenvalue weighted by Crippen LogP contribution is 2.25. The summed E-state index contributed by atoms with van der Waals surface area (Å²) in [4.78, 5) is 21.5. The molecule has 0 saturated carbocycles. The number of amides is 1. The number of nitrogens with two attached hydrogens (primary N) is 1. The largest absolute Gasteiger partial charge is 0.480 e. The van der Waals surface area contributed by atoms with Crippen molar-refractivity contribution in [2.24, 2.45) is 5.14 Å².